The lowest BCUT2D eigenvalue weighted by Gasteiger charge is -2.44. The van der Waals surface area contributed by atoms with E-state index in [1.807, 2.05) is 28.0 Å². The van der Waals surface area contributed by atoms with Crippen molar-refractivity contribution in [2.75, 3.05) is 92.1 Å². The van der Waals surface area contributed by atoms with Gasteiger partial charge in [-0.15, -0.1) is 0 Å². The Bertz CT molecular complexity index is 1460. The van der Waals surface area contributed by atoms with E-state index in [0.29, 0.717) is 71.7 Å². The van der Waals surface area contributed by atoms with Crippen molar-refractivity contribution in [1.29, 1.82) is 0 Å². The standard InChI is InChI=1S/C38H53N5O10/c44-34(12-18-49-21-23-51-24-22-50-19-13-40-37(46)47)39-14-20-52-31-8-4-7-30(25-31)36(28-5-2-1-3-6-28)29-9-15-42(16-10-29)38(48)43-17-11-33-32(26-43)41-35(45)27-53-33/h1-8,25,29,32-33,36,40H,9-24,26-27H2,(H,39,44)(H,41,45)(H,46,47)/t32-,33+,36?/m1/s1. The second-order valence-electron chi connectivity index (χ2n) is 13.3. The van der Waals surface area contributed by atoms with Crippen LogP contribution in [0.5, 0.6) is 5.75 Å². The molecule has 3 aliphatic rings. The average molecular weight is 740 g/mol. The summed E-state index contributed by atoms with van der Waals surface area (Å²) >= 11 is 0. The lowest BCUT2D eigenvalue weighted by atomic mass is 9.76. The number of benzene rings is 2. The average Bonchev–Trinajstić information content (AvgIpc) is 3.17. The van der Waals surface area contributed by atoms with Gasteiger partial charge in [0.1, 0.15) is 19.0 Å². The van der Waals surface area contributed by atoms with Crippen molar-refractivity contribution in [2.24, 2.45) is 5.92 Å². The Balaban J connectivity index is 1.01. The van der Waals surface area contributed by atoms with Crippen LogP contribution < -0.4 is 20.7 Å². The normalized spacial score (nSPS) is 19.5. The van der Waals surface area contributed by atoms with Gasteiger partial charge in [0.05, 0.1) is 58.3 Å². The highest BCUT2D eigenvalue weighted by atomic mass is 16.5. The summed E-state index contributed by atoms with van der Waals surface area (Å²) in [7, 11) is 0. The Morgan fingerprint density at radius 3 is 2.25 bits per heavy atom. The molecule has 15 nitrogen and oxygen atoms in total. The number of hydrogen-bond donors (Lipinski definition) is 4. The van der Waals surface area contributed by atoms with Crippen LogP contribution in [0.4, 0.5) is 9.59 Å². The summed E-state index contributed by atoms with van der Waals surface area (Å²) < 4.78 is 27.8. The zero-order chi connectivity index (χ0) is 37.3. The number of carbonyl (C=O) groups excluding carboxylic acids is 3. The SMILES string of the molecule is O=C(O)NCCOCCOCCOCCC(=O)NCCOc1cccc(C(c2ccccc2)C2CCN(C(=O)N3CC[C@@H]4OCC(=O)N[C@@H]4C3)CC2)c1. The molecule has 0 bridgehead atoms. The maximum absolute atomic E-state index is 13.5. The number of carbonyl (C=O) groups is 4. The Morgan fingerprint density at radius 1 is 0.811 bits per heavy atom. The molecule has 0 saturated carbocycles. The number of fused-ring (bicyclic) bond motifs is 1. The van der Waals surface area contributed by atoms with Crippen LogP contribution in [0, 0.1) is 5.92 Å². The molecule has 5 rings (SSSR count). The Morgan fingerprint density at radius 2 is 1.49 bits per heavy atom. The predicted octanol–water partition coefficient (Wildman–Crippen LogP) is 2.44. The molecule has 0 aromatic heterocycles. The fraction of sp³-hybridized carbons (Fsp3) is 0.579. The van der Waals surface area contributed by atoms with Gasteiger partial charge in [-0.2, -0.15) is 0 Å². The van der Waals surface area contributed by atoms with Gasteiger partial charge in [0.25, 0.3) is 0 Å². The molecule has 0 aliphatic carbocycles. The summed E-state index contributed by atoms with van der Waals surface area (Å²) in [5.74, 6) is 0.945. The minimum absolute atomic E-state index is 0.0293. The molecule has 290 valence electrons. The molecule has 1 unspecified atom stereocenters. The largest absolute Gasteiger partial charge is 0.492 e. The number of nitrogens with zero attached hydrogens (tertiary/aromatic N) is 2. The quantitative estimate of drug-likeness (QED) is 0.157. The van der Waals surface area contributed by atoms with Gasteiger partial charge in [-0.25, -0.2) is 9.59 Å². The lowest BCUT2D eigenvalue weighted by molar-refractivity contribution is -0.139. The first-order chi connectivity index (χ1) is 25.9. The fourth-order valence-electron chi connectivity index (χ4n) is 7.08. The smallest absolute Gasteiger partial charge is 0.404 e. The van der Waals surface area contributed by atoms with Gasteiger partial charge in [0.15, 0.2) is 0 Å². The van der Waals surface area contributed by atoms with Crippen LogP contribution in [0.2, 0.25) is 0 Å². The van der Waals surface area contributed by atoms with E-state index >= 15 is 0 Å². The van der Waals surface area contributed by atoms with Crippen molar-refractivity contribution in [1.82, 2.24) is 25.8 Å². The van der Waals surface area contributed by atoms with Crippen molar-refractivity contribution in [2.45, 2.75) is 43.7 Å². The third-order valence-electron chi connectivity index (χ3n) is 9.69. The second kappa shape index (κ2) is 21.3. The summed E-state index contributed by atoms with van der Waals surface area (Å²) in [6, 6.07) is 18.5. The van der Waals surface area contributed by atoms with Crippen LogP contribution in [-0.4, -0.2) is 143 Å². The number of rotatable bonds is 19. The van der Waals surface area contributed by atoms with Gasteiger partial charge in [-0.1, -0.05) is 42.5 Å². The number of ether oxygens (including phenoxy) is 5. The first-order valence-electron chi connectivity index (χ1n) is 18.6. The summed E-state index contributed by atoms with van der Waals surface area (Å²) in [5.41, 5.74) is 2.38. The van der Waals surface area contributed by atoms with E-state index in [-0.39, 0.29) is 68.7 Å². The monoisotopic (exact) mass is 739 g/mol. The summed E-state index contributed by atoms with van der Waals surface area (Å²) in [5, 5.41) is 16.6. The van der Waals surface area contributed by atoms with Crippen LogP contribution in [-0.2, 0) is 28.5 Å². The molecular formula is C38H53N5O10. The van der Waals surface area contributed by atoms with Crippen molar-refractivity contribution in [3.63, 3.8) is 0 Å². The second-order valence-corrected chi connectivity index (χ2v) is 13.3. The lowest BCUT2D eigenvalue weighted by Crippen LogP contribution is -2.62. The van der Waals surface area contributed by atoms with Crippen LogP contribution in [0.25, 0.3) is 0 Å². The highest BCUT2D eigenvalue weighted by Gasteiger charge is 2.38. The molecule has 5 amide bonds. The number of likely N-dealkylation sites (tertiary alicyclic amines) is 2. The van der Waals surface area contributed by atoms with Gasteiger partial charge in [-0.05, 0) is 48.4 Å². The molecule has 15 heteroatoms. The van der Waals surface area contributed by atoms with Crippen LogP contribution in [0.3, 0.4) is 0 Å². The van der Waals surface area contributed by atoms with Gasteiger partial charge < -0.3 is 54.5 Å². The van der Waals surface area contributed by atoms with Gasteiger partial charge in [0.2, 0.25) is 11.8 Å². The molecule has 53 heavy (non-hydrogen) atoms. The summed E-state index contributed by atoms with van der Waals surface area (Å²) in [6.07, 6.45) is 1.57. The highest BCUT2D eigenvalue weighted by molar-refractivity contribution is 5.79. The highest BCUT2D eigenvalue weighted by Crippen LogP contribution is 2.39. The first-order valence-corrected chi connectivity index (χ1v) is 18.6. The first kappa shape index (κ1) is 39.8. The third-order valence-corrected chi connectivity index (χ3v) is 9.69. The number of carboxylic acid groups (broad SMARTS) is 1. The van der Waals surface area contributed by atoms with Gasteiger partial charge in [-0.3, -0.25) is 9.59 Å². The fourth-order valence-corrected chi connectivity index (χ4v) is 7.08. The van der Waals surface area contributed by atoms with Crippen molar-refractivity contribution < 1.29 is 48.0 Å². The minimum Gasteiger partial charge on any atom is -0.492 e. The number of piperidine rings is 2. The van der Waals surface area contributed by atoms with E-state index in [4.69, 9.17) is 28.8 Å². The van der Waals surface area contributed by atoms with E-state index in [1.165, 1.54) is 5.56 Å². The van der Waals surface area contributed by atoms with Crippen molar-refractivity contribution >= 4 is 23.9 Å². The minimum atomic E-state index is -1.08. The molecule has 4 N–H and O–H groups in total. The predicted molar refractivity (Wildman–Crippen MR) is 194 cm³/mol. The molecule has 3 fully saturated rings. The Labute approximate surface area is 310 Å². The van der Waals surface area contributed by atoms with E-state index in [1.54, 1.807) is 0 Å². The topological polar surface area (TPSA) is 177 Å². The number of morpholine rings is 1. The Kier molecular flexibility index (Phi) is 16.0. The zero-order valence-corrected chi connectivity index (χ0v) is 30.2. The summed E-state index contributed by atoms with van der Waals surface area (Å²) in [6.45, 7) is 5.44. The summed E-state index contributed by atoms with van der Waals surface area (Å²) in [4.78, 5) is 51.8. The van der Waals surface area contributed by atoms with E-state index < -0.39 is 6.09 Å². The molecule has 2 aromatic rings. The van der Waals surface area contributed by atoms with Gasteiger partial charge >= 0.3 is 12.1 Å². The van der Waals surface area contributed by atoms with Crippen LogP contribution in [0.15, 0.2) is 54.6 Å². The maximum atomic E-state index is 13.5. The molecule has 3 heterocycles. The van der Waals surface area contributed by atoms with E-state index in [9.17, 15) is 19.2 Å². The number of amides is 5. The molecule has 0 radical (unpaired) electrons. The molecule has 3 atom stereocenters. The van der Waals surface area contributed by atoms with Crippen molar-refractivity contribution in [3.05, 3.63) is 65.7 Å². The van der Waals surface area contributed by atoms with E-state index in [0.717, 1.165) is 30.6 Å². The molecule has 3 saturated heterocycles. The number of hydrogen-bond acceptors (Lipinski definition) is 9. The maximum Gasteiger partial charge on any atom is 0.404 e. The van der Waals surface area contributed by atoms with E-state index in [2.05, 4.69) is 52.3 Å². The molecule has 0 spiro atoms. The molecular weight excluding hydrogens is 686 g/mol. The Hall–Kier alpha value is -4.44. The van der Waals surface area contributed by atoms with Crippen LogP contribution >= 0.6 is 0 Å². The molecule has 2 aromatic carbocycles. The van der Waals surface area contributed by atoms with Crippen molar-refractivity contribution in [3.8, 4) is 5.75 Å². The third kappa shape index (κ3) is 12.9. The number of urea groups is 1. The zero-order valence-electron chi connectivity index (χ0n) is 30.2. The number of nitrogens with one attached hydrogen (secondary N) is 3. The van der Waals surface area contributed by atoms with Crippen LogP contribution in [0.1, 0.15) is 42.7 Å². The molecule has 3 aliphatic heterocycles. The van der Waals surface area contributed by atoms with Gasteiger partial charge in [0, 0.05) is 45.1 Å².